The summed E-state index contributed by atoms with van der Waals surface area (Å²) < 4.78 is 5.41. The number of ether oxygens (including phenoxy) is 1. The van der Waals surface area contributed by atoms with Crippen molar-refractivity contribution in [2.75, 3.05) is 6.61 Å². The Bertz CT molecular complexity index is 239. The highest BCUT2D eigenvalue weighted by Crippen LogP contribution is 2.16. The van der Waals surface area contributed by atoms with E-state index in [1.807, 2.05) is 0 Å². The lowest BCUT2D eigenvalue weighted by Crippen LogP contribution is -2.26. The van der Waals surface area contributed by atoms with Gasteiger partial charge >= 0.3 is 0 Å². The second-order valence-corrected chi connectivity index (χ2v) is 4.83. The topological polar surface area (TPSA) is 50.1 Å². The number of nitrogens with one attached hydrogen (secondary N) is 1. The fourth-order valence-electron chi connectivity index (χ4n) is 1.80. The molecule has 0 aromatic heterocycles. The van der Waals surface area contributed by atoms with Crippen molar-refractivity contribution in [1.82, 2.24) is 0 Å². The van der Waals surface area contributed by atoms with E-state index in [0.29, 0.717) is 13.0 Å². The Morgan fingerprint density at radius 1 is 1.06 bits per heavy atom. The van der Waals surface area contributed by atoms with E-state index in [1.54, 1.807) is 0 Å². The van der Waals surface area contributed by atoms with E-state index >= 15 is 0 Å². The summed E-state index contributed by atoms with van der Waals surface area (Å²) in [6.07, 6.45) is 7.35. The molecule has 0 bridgehead atoms. The number of unbranched alkanes of at least 4 members (excludes halogenated alkanes) is 3. The standard InChI is InChI=1S/C15H29NO2/c1-4-7-10-13(14(17)11-8-5-2)15(16)18-12-9-6-3/h13,16H,4-12H2,1-3H3. The van der Waals surface area contributed by atoms with Gasteiger partial charge in [-0.2, -0.15) is 0 Å². The molecule has 0 aromatic carbocycles. The van der Waals surface area contributed by atoms with Gasteiger partial charge in [0.15, 0.2) is 5.90 Å². The lowest BCUT2D eigenvalue weighted by Gasteiger charge is -2.17. The molecule has 106 valence electrons. The molecular formula is C15H29NO2. The average Bonchev–Trinajstić information content (AvgIpc) is 2.37. The molecule has 0 fully saturated rings. The number of carbonyl (C=O) groups is 1. The third-order valence-electron chi connectivity index (χ3n) is 3.08. The SMILES string of the molecule is CCCCOC(=N)C(CCCC)C(=O)CCCC. The Balaban J connectivity index is 4.26. The first-order valence-corrected chi connectivity index (χ1v) is 7.41. The predicted octanol–water partition coefficient (Wildman–Crippen LogP) is 4.35. The largest absolute Gasteiger partial charge is 0.481 e. The Morgan fingerprint density at radius 2 is 1.67 bits per heavy atom. The van der Waals surface area contributed by atoms with Crippen LogP contribution in [0.4, 0.5) is 0 Å². The molecule has 0 saturated carbocycles. The van der Waals surface area contributed by atoms with Crippen molar-refractivity contribution in [3.8, 4) is 0 Å². The maximum absolute atomic E-state index is 12.1. The lowest BCUT2D eigenvalue weighted by molar-refractivity contribution is -0.121. The first kappa shape index (κ1) is 17.1. The monoisotopic (exact) mass is 255 g/mol. The molecule has 0 spiro atoms. The molecule has 18 heavy (non-hydrogen) atoms. The van der Waals surface area contributed by atoms with Crippen LogP contribution in [-0.2, 0) is 9.53 Å². The maximum Gasteiger partial charge on any atom is 0.191 e. The Labute approximate surface area is 112 Å². The van der Waals surface area contributed by atoms with Crippen molar-refractivity contribution in [2.45, 2.75) is 72.1 Å². The van der Waals surface area contributed by atoms with Gasteiger partial charge in [0, 0.05) is 6.42 Å². The minimum absolute atomic E-state index is 0.187. The normalized spacial score (nSPS) is 12.2. The predicted molar refractivity (Wildman–Crippen MR) is 76.1 cm³/mol. The van der Waals surface area contributed by atoms with Crippen molar-refractivity contribution in [1.29, 1.82) is 5.41 Å². The zero-order valence-electron chi connectivity index (χ0n) is 12.3. The Kier molecular flexibility index (Phi) is 10.7. The van der Waals surface area contributed by atoms with Gasteiger partial charge in [0.2, 0.25) is 0 Å². The number of carbonyl (C=O) groups excluding carboxylic acids is 1. The van der Waals surface area contributed by atoms with Gasteiger partial charge in [0.1, 0.15) is 5.78 Å². The Hall–Kier alpha value is -0.860. The van der Waals surface area contributed by atoms with Gasteiger partial charge in [-0.25, -0.2) is 0 Å². The van der Waals surface area contributed by atoms with E-state index < -0.39 is 0 Å². The molecule has 0 aliphatic rings. The highest BCUT2D eigenvalue weighted by molar-refractivity contribution is 6.00. The van der Waals surface area contributed by atoms with Gasteiger partial charge in [-0.15, -0.1) is 0 Å². The van der Waals surface area contributed by atoms with Crippen LogP contribution in [0.15, 0.2) is 0 Å². The highest BCUT2D eigenvalue weighted by Gasteiger charge is 2.23. The third kappa shape index (κ3) is 7.46. The number of Topliss-reactive ketones (excluding diaryl/α,β-unsaturated/α-hetero) is 1. The lowest BCUT2D eigenvalue weighted by atomic mass is 9.94. The van der Waals surface area contributed by atoms with E-state index in [4.69, 9.17) is 10.1 Å². The molecule has 0 aliphatic heterocycles. The molecule has 3 heteroatoms. The van der Waals surface area contributed by atoms with E-state index in [9.17, 15) is 4.79 Å². The number of ketones is 1. The molecule has 3 nitrogen and oxygen atoms in total. The van der Waals surface area contributed by atoms with Crippen molar-refractivity contribution >= 4 is 11.7 Å². The van der Waals surface area contributed by atoms with E-state index in [-0.39, 0.29) is 17.6 Å². The Morgan fingerprint density at radius 3 is 2.22 bits per heavy atom. The second kappa shape index (κ2) is 11.2. The second-order valence-electron chi connectivity index (χ2n) is 4.83. The maximum atomic E-state index is 12.1. The van der Waals surface area contributed by atoms with E-state index in [1.165, 1.54) is 0 Å². The van der Waals surface area contributed by atoms with Crippen LogP contribution in [0.25, 0.3) is 0 Å². The van der Waals surface area contributed by atoms with Crippen LogP contribution in [0.5, 0.6) is 0 Å². The van der Waals surface area contributed by atoms with Crippen molar-refractivity contribution in [3.63, 3.8) is 0 Å². The van der Waals surface area contributed by atoms with Crippen LogP contribution in [0, 0.1) is 11.3 Å². The molecule has 0 aromatic rings. The van der Waals surface area contributed by atoms with Gasteiger partial charge in [-0.05, 0) is 19.3 Å². The summed E-state index contributed by atoms with van der Waals surface area (Å²) in [6, 6.07) is 0. The van der Waals surface area contributed by atoms with Crippen LogP contribution < -0.4 is 0 Å². The fraction of sp³-hybridized carbons (Fsp3) is 0.867. The summed E-state index contributed by atoms with van der Waals surface area (Å²) in [5, 5.41) is 7.93. The summed E-state index contributed by atoms with van der Waals surface area (Å²) in [4.78, 5) is 12.1. The van der Waals surface area contributed by atoms with Crippen molar-refractivity contribution < 1.29 is 9.53 Å². The van der Waals surface area contributed by atoms with Gasteiger partial charge in [0.05, 0.1) is 12.5 Å². The first-order valence-electron chi connectivity index (χ1n) is 7.41. The molecule has 0 amide bonds. The molecular weight excluding hydrogens is 226 g/mol. The summed E-state index contributed by atoms with van der Waals surface area (Å²) in [7, 11) is 0. The van der Waals surface area contributed by atoms with Gasteiger partial charge < -0.3 is 4.74 Å². The molecule has 0 aliphatic carbocycles. The van der Waals surface area contributed by atoms with E-state index in [2.05, 4.69) is 20.8 Å². The highest BCUT2D eigenvalue weighted by atomic mass is 16.5. The minimum Gasteiger partial charge on any atom is -0.481 e. The number of hydrogen-bond donors (Lipinski definition) is 1. The summed E-state index contributed by atoms with van der Waals surface area (Å²) in [5.74, 6) is 0.0816. The van der Waals surface area contributed by atoms with Crippen LogP contribution >= 0.6 is 0 Å². The van der Waals surface area contributed by atoms with Crippen LogP contribution in [0.3, 0.4) is 0 Å². The fourth-order valence-corrected chi connectivity index (χ4v) is 1.80. The van der Waals surface area contributed by atoms with Gasteiger partial charge in [-0.3, -0.25) is 10.2 Å². The van der Waals surface area contributed by atoms with Crippen LogP contribution in [0.1, 0.15) is 72.1 Å². The summed E-state index contributed by atoms with van der Waals surface area (Å²) in [6.45, 7) is 6.85. The molecule has 0 heterocycles. The number of rotatable bonds is 11. The van der Waals surface area contributed by atoms with Crippen molar-refractivity contribution in [3.05, 3.63) is 0 Å². The number of hydrogen-bond acceptors (Lipinski definition) is 3. The van der Waals surface area contributed by atoms with Crippen molar-refractivity contribution in [2.24, 2.45) is 5.92 Å². The smallest absolute Gasteiger partial charge is 0.191 e. The van der Waals surface area contributed by atoms with E-state index in [0.717, 1.165) is 44.9 Å². The average molecular weight is 255 g/mol. The molecule has 1 atom stereocenters. The minimum atomic E-state index is -0.298. The van der Waals surface area contributed by atoms with Crippen LogP contribution in [-0.4, -0.2) is 18.3 Å². The zero-order valence-corrected chi connectivity index (χ0v) is 12.3. The molecule has 1 N–H and O–H groups in total. The zero-order chi connectivity index (χ0) is 13.8. The third-order valence-corrected chi connectivity index (χ3v) is 3.08. The van der Waals surface area contributed by atoms with Gasteiger partial charge in [-0.1, -0.05) is 46.5 Å². The molecule has 0 radical (unpaired) electrons. The molecule has 1 unspecified atom stereocenters. The summed E-state index contributed by atoms with van der Waals surface area (Å²) in [5.41, 5.74) is 0. The van der Waals surface area contributed by atoms with Crippen LogP contribution in [0.2, 0.25) is 0 Å². The van der Waals surface area contributed by atoms with Gasteiger partial charge in [0.25, 0.3) is 0 Å². The molecule has 0 saturated heterocycles. The summed E-state index contributed by atoms with van der Waals surface area (Å²) >= 11 is 0. The quantitative estimate of drug-likeness (QED) is 0.339. The first-order chi connectivity index (χ1) is 8.67. The molecule has 0 rings (SSSR count).